The fourth-order valence-corrected chi connectivity index (χ4v) is 6.05. The average Bonchev–Trinajstić information content (AvgIpc) is 3.61. The van der Waals surface area contributed by atoms with Crippen LogP contribution in [0.15, 0.2) is 104 Å². The number of aromatic nitrogens is 3. The van der Waals surface area contributed by atoms with Crippen LogP contribution in [0.1, 0.15) is 36.1 Å². The van der Waals surface area contributed by atoms with Crippen molar-refractivity contribution < 1.29 is 24.5 Å². The van der Waals surface area contributed by atoms with Crippen molar-refractivity contribution in [3.8, 4) is 5.75 Å². The number of aryl methyl sites for hydroxylation is 1. The lowest BCUT2D eigenvalue weighted by atomic mass is 9.82. The van der Waals surface area contributed by atoms with E-state index in [1.807, 2.05) is 60.8 Å². The molecule has 6 rings (SSSR count). The highest BCUT2D eigenvalue weighted by molar-refractivity contribution is 6.09. The molecule has 3 atom stereocenters. The van der Waals surface area contributed by atoms with Crippen molar-refractivity contribution in [2.24, 2.45) is 5.92 Å². The predicted octanol–water partition coefficient (Wildman–Crippen LogP) is 4.46. The SMILES string of the molecule is C=CCN1C(=O)[C@@](O)([C@@H](C)/C=C/CCn2cc(C(CO)c3ccccc3)nn2)c2cc(N3C(=O)COc4ccccc43)ccc21. The van der Waals surface area contributed by atoms with Crippen LogP contribution in [-0.2, 0) is 21.7 Å². The molecule has 10 nitrogen and oxygen atoms in total. The van der Waals surface area contributed by atoms with Gasteiger partial charge in [0.15, 0.2) is 12.2 Å². The number of ether oxygens (including phenoxy) is 1. The molecule has 2 amide bonds. The fourth-order valence-electron chi connectivity index (χ4n) is 6.05. The number of aliphatic hydroxyl groups excluding tert-OH is 1. The number of amides is 2. The summed E-state index contributed by atoms with van der Waals surface area (Å²) in [4.78, 5) is 29.9. The van der Waals surface area contributed by atoms with Gasteiger partial charge in [0, 0.05) is 36.5 Å². The van der Waals surface area contributed by atoms with Crippen molar-refractivity contribution >= 4 is 28.9 Å². The summed E-state index contributed by atoms with van der Waals surface area (Å²) in [5.41, 5.74) is 1.93. The topological polar surface area (TPSA) is 121 Å². The summed E-state index contributed by atoms with van der Waals surface area (Å²) in [7, 11) is 0. The van der Waals surface area contributed by atoms with Crippen molar-refractivity contribution in [3.05, 3.63) is 121 Å². The van der Waals surface area contributed by atoms with Crippen molar-refractivity contribution in [2.45, 2.75) is 31.4 Å². The Morgan fingerprint density at radius 1 is 1.07 bits per heavy atom. The molecule has 3 aromatic carbocycles. The molecule has 3 heterocycles. The molecule has 0 aliphatic carbocycles. The van der Waals surface area contributed by atoms with Crippen LogP contribution in [0.2, 0.25) is 0 Å². The minimum absolute atomic E-state index is 0.0784. The number of rotatable bonds is 11. The zero-order valence-corrected chi connectivity index (χ0v) is 25.0. The molecule has 4 aromatic rings. The van der Waals surface area contributed by atoms with E-state index in [0.717, 1.165) is 5.56 Å². The van der Waals surface area contributed by atoms with Gasteiger partial charge in [0.05, 0.1) is 29.6 Å². The molecule has 1 unspecified atom stereocenters. The normalized spacial score (nSPS) is 18.9. The third-order valence-corrected chi connectivity index (χ3v) is 8.44. The third-order valence-electron chi connectivity index (χ3n) is 8.44. The van der Waals surface area contributed by atoms with E-state index in [2.05, 4.69) is 16.9 Å². The van der Waals surface area contributed by atoms with Gasteiger partial charge in [-0.2, -0.15) is 0 Å². The van der Waals surface area contributed by atoms with Gasteiger partial charge in [0.2, 0.25) is 0 Å². The van der Waals surface area contributed by atoms with Gasteiger partial charge in [-0.05, 0) is 42.3 Å². The maximum atomic E-state index is 13.8. The van der Waals surface area contributed by atoms with Crippen LogP contribution in [0.25, 0.3) is 0 Å². The first-order chi connectivity index (χ1) is 21.9. The maximum Gasteiger partial charge on any atom is 0.269 e. The number of benzene rings is 3. The molecule has 0 spiro atoms. The van der Waals surface area contributed by atoms with E-state index in [4.69, 9.17) is 4.74 Å². The number of carbonyl (C=O) groups excluding carboxylic acids is 2. The van der Waals surface area contributed by atoms with E-state index < -0.39 is 17.4 Å². The van der Waals surface area contributed by atoms with Gasteiger partial charge in [-0.3, -0.25) is 19.2 Å². The second kappa shape index (κ2) is 12.5. The molecule has 2 aliphatic heterocycles. The minimum atomic E-state index is -1.86. The molecule has 10 heteroatoms. The second-order valence-electron chi connectivity index (χ2n) is 11.2. The Morgan fingerprint density at radius 3 is 2.62 bits per heavy atom. The first kappa shape index (κ1) is 30.0. The number of nitrogens with zero attached hydrogens (tertiary/aromatic N) is 5. The first-order valence-corrected chi connectivity index (χ1v) is 14.9. The van der Waals surface area contributed by atoms with Crippen LogP contribution in [0.3, 0.4) is 0 Å². The van der Waals surface area contributed by atoms with Gasteiger partial charge in [0.25, 0.3) is 11.8 Å². The van der Waals surface area contributed by atoms with Gasteiger partial charge >= 0.3 is 0 Å². The second-order valence-corrected chi connectivity index (χ2v) is 11.2. The van der Waals surface area contributed by atoms with Gasteiger partial charge in [-0.25, -0.2) is 0 Å². The Hall–Kier alpha value is -5.06. The molecule has 45 heavy (non-hydrogen) atoms. The van der Waals surface area contributed by atoms with Crippen molar-refractivity contribution in [2.75, 3.05) is 29.6 Å². The third kappa shape index (κ3) is 5.43. The number of hydrogen-bond donors (Lipinski definition) is 2. The molecule has 230 valence electrons. The Kier molecular flexibility index (Phi) is 8.34. The van der Waals surface area contributed by atoms with Crippen LogP contribution in [0, 0.1) is 5.92 Å². The highest BCUT2D eigenvalue weighted by Gasteiger charge is 2.52. The van der Waals surface area contributed by atoms with Crippen molar-refractivity contribution in [3.63, 3.8) is 0 Å². The Bertz CT molecular complexity index is 1750. The molecule has 1 aromatic heterocycles. The average molecular weight is 606 g/mol. The molecular weight excluding hydrogens is 570 g/mol. The summed E-state index contributed by atoms with van der Waals surface area (Å²) < 4.78 is 7.32. The summed E-state index contributed by atoms with van der Waals surface area (Å²) in [6.07, 6.45) is 7.78. The summed E-state index contributed by atoms with van der Waals surface area (Å²) in [5, 5.41) is 30.6. The molecule has 0 saturated carbocycles. The number of fused-ring (bicyclic) bond motifs is 2. The molecule has 0 fully saturated rings. The lowest BCUT2D eigenvalue weighted by Gasteiger charge is -2.31. The number of carbonyl (C=O) groups is 2. The Balaban J connectivity index is 1.22. The predicted molar refractivity (Wildman–Crippen MR) is 170 cm³/mol. The highest BCUT2D eigenvalue weighted by Crippen LogP contribution is 2.48. The number of allylic oxidation sites excluding steroid dienone is 1. The van der Waals surface area contributed by atoms with Crippen molar-refractivity contribution in [1.82, 2.24) is 15.0 Å². The summed E-state index contributed by atoms with van der Waals surface area (Å²) >= 11 is 0. The van der Waals surface area contributed by atoms with Crippen LogP contribution >= 0.6 is 0 Å². The zero-order chi connectivity index (χ0) is 31.6. The van der Waals surface area contributed by atoms with Gasteiger partial charge in [-0.1, -0.05) is 72.8 Å². The van der Waals surface area contributed by atoms with E-state index in [1.165, 1.54) is 4.90 Å². The smallest absolute Gasteiger partial charge is 0.269 e. The van der Waals surface area contributed by atoms with E-state index >= 15 is 0 Å². The van der Waals surface area contributed by atoms with E-state index in [9.17, 15) is 19.8 Å². The van der Waals surface area contributed by atoms with Gasteiger partial charge in [-0.15, -0.1) is 11.7 Å². The first-order valence-electron chi connectivity index (χ1n) is 14.9. The van der Waals surface area contributed by atoms with Gasteiger partial charge in [0.1, 0.15) is 5.75 Å². The minimum Gasteiger partial charge on any atom is -0.482 e. The monoisotopic (exact) mass is 605 g/mol. The van der Waals surface area contributed by atoms with Crippen LogP contribution < -0.4 is 14.5 Å². The Morgan fingerprint density at radius 2 is 1.84 bits per heavy atom. The molecule has 0 saturated heterocycles. The quantitative estimate of drug-likeness (QED) is 0.242. The lowest BCUT2D eigenvalue weighted by molar-refractivity contribution is -0.139. The van der Waals surface area contributed by atoms with Crippen LogP contribution in [0.5, 0.6) is 5.75 Å². The maximum absolute atomic E-state index is 13.8. The molecular formula is C35H35N5O5. The molecule has 2 aliphatic rings. The van der Waals surface area contributed by atoms with Crippen LogP contribution in [-0.4, -0.2) is 56.8 Å². The summed E-state index contributed by atoms with van der Waals surface area (Å²) in [5.74, 6) is -0.965. The van der Waals surface area contributed by atoms with Crippen LogP contribution in [0.4, 0.5) is 17.1 Å². The Labute approximate surface area is 261 Å². The number of para-hydroxylation sites is 2. The van der Waals surface area contributed by atoms with Gasteiger partial charge < -0.3 is 19.8 Å². The van der Waals surface area contributed by atoms with Crippen molar-refractivity contribution in [1.29, 1.82) is 0 Å². The largest absolute Gasteiger partial charge is 0.482 e. The number of anilines is 3. The standard InChI is InChI=1S/C35H35N5O5/c1-3-18-39-30-17-16-26(40-31-14-7-8-15-32(31)45-23-33(40)42)20-28(30)35(44,34(39)43)24(2)11-9-10-19-38-21-29(36-37-38)27(22-41)25-12-5-4-6-13-25/h3-9,11-17,20-21,24,27,41,44H,1,10,18-19,22-23H2,2H3/b11-9+/t24-,27?,35+/m0/s1. The lowest BCUT2D eigenvalue weighted by Crippen LogP contribution is -2.44. The van der Waals surface area contributed by atoms with E-state index in [1.54, 1.807) is 52.9 Å². The molecule has 2 N–H and O–H groups in total. The summed E-state index contributed by atoms with van der Waals surface area (Å²) in [6.45, 7) is 6.16. The molecule has 0 bridgehead atoms. The number of hydrogen-bond acceptors (Lipinski definition) is 7. The van der Waals surface area contributed by atoms with E-state index in [-0.39, 0.29) is 31.6 Å². The fraction of sp³-hybridized carbons (Fsp3) is 0.257. The number of aliphatic hydroxyl groups is 2. The highest BCUT2D eigenvalue weighted by atomic mass is 16.5. The summed E-state index contributed by atoms with van der Waals surface area (Å²) in [6, 6.07) is 22.2. The van der Waals surface area contributed by atoms with E-state index in [0.29, 0.717) is 47.0 Å². The zero-order valence-electron chi connectivity index (χ0n) is 25.0. The molecule has 0 radical (unpaired) electrons.